The second-order valence-corrected chi connectivity index (χ2v) is 8.27. The second kappa shape index (κ2) is 7.97. The summed E-state index contributed by atoms with van der Waals surface area (Å²) >= 11 is 3.00. The van der Waals surface area contributed by atoms with Crippen molar-refractivity contribution in [2.75, 3.05) is 22.5 Å². The number of hydrogen-bond acceptors (Lipinski definition) is 6. The van der Waals surface area contributed by atoms with E-state index in [-0.39, 0.29) is 24.2 Å². The third-order valence-corrected chi connectivity index (χ3v) is 6.09. The van der Waals surface area contributed by atoms with E-state index in [0.29, 0.717) is 11.7 Å². The van der Waals surface area contributed by atoms with E-state index >= 15 is 0 Å². The van der Waals surface area contributed by atoms with Crippen LogP contribution in [0.2, 0.25) is 0 Å². The van der Waals surface area contributed by atoms with E-state index in [1.807, 2.05) is 31.2 Å². The Labute approximate surface area is 155 Å². The van der Waals surface area contributed by atoms with Gasteiger partial charge in [-0.05, 0) is 25.5 Å². The maximum atomic E-state index is 12.5. The summed E-state index contributed by atoms with van der Waals surface area (Å²) in [5, 5.41) is 11.3. The maximum Gasteiger partial charge on any atom is 0.231 e. The fraction of sp³-hybridized carbons (Fsp3) is 0.412. The molecular weight excluding hydrogens is 356 g/mol. The Hall–Kier alpha value is -1.93. The first kappa shape index (κ1) is 17.9. The molecule has 25 heavy (non-hydrogen) atoms. The van der Waals surface area contributed by atoms with E-state index in [2.05, 4.69) is 22.4 Å². The van der Waals surface area contributed by atoms with Gasteiger partial charge in [0.1, 0.15) is 0 Å². The molecule has 0 spiro atoms. The third-order valence-electron chi connectivity index (χ3n) is 3.91. The van der Waals surface area contributed by atoms with E-state index < -0.39 is 0 Å². The number of benzene rings is 1. The summed E-state index contributed by atoms with van der Waals surface area (Å²) in [5.74, 6) is 0.404. The van der Waals surface area contributed by atoms with Crippen LogP contribution in [0.3, 0.4) is 0 Å². The molecule has 0 radical (unpaired) electrons. The molecule has 8 heteroatoms. The number of carbonyl (C=O) groups is 2. The SMILES string of the molecule is CCCSc1nnc(NC(=O)[C@H]2CC(=O)N(c3ccc(C)cc3)C2)s1. The number of rotatable bonds is 6. The predicted octanol–water partition coefficient (Wildman–Crippen LogP) is 3.34. The van der Waals surface area contributed by atoms with E-state index in [4.69, 9.17) is 0 Å². The Morgan fingerprint density at radius 3 is 2.84 bits per heavy atom. The van der Waals surface area contributed by atoms with Crippen molar-refractivity contribution >= 4 is 45.7 Å². The van der Waals surface area contributed by atoms with Gasteiger partial charge in [0.25, 0.3) is 0 Å². The van der Waals surface area contributed by atoms with Crippen molar-refractivity contribution in [3.05, 3.63) is 29.8 Å². The third kappa shape index (κ3) is 4.38. The highest BCUT2D eigenvalue weighted by atomic mass is 32.2. The molecule has 1 saturated heterocycles. The molecule has 1 aromatic heterocycles. The zero-order chi connectivity index (χ0) is 17.8. The molecule has 6 nitrogen and oxygen atoms in total. The van der Waals surface area contributed by atoms with Crippen LogP contribution in [0, 0.1) is 12.8 Å². The van der Waals surface area contributed by atoms with Crippen LogP contribution >= 0.6 is 23.1 Å². The molecule has 3 rings (SSSR count). The van der Waals surface area contributed by atoms with Crippen molar-refractivity contribution in [3.8, 4) is 0 Å². The molecular formula is C17H20N4O2S2. The molecule has 1 N–H and O–H groups in total. The van der Waals surface area contributed by atoms with Gasteiger partial charge < -0.3 is 10.2 Å². The molecule has 0 bridgehead atoms. The lowest BCUT2D eigenvalue weighted by molar-refractivity contribution is -0.122. The molecule has 0 saturated carbocycles. The van der Waals surface area contributed by atoms with Gasteiger partial charge in [-0.25, -0.2) is 0 Å². The molecule has 2 aromatic rings. The molecule has 0 unspecified atom stereocenters. The van der Waals surface area contributed by atoms with Crippen LogP contribution in [0.25, 0.3) is 0 Å². The van der Waals surface area contributed by atoms with E-state index in [1.54, 1.807) is 16.7 Å². The molecule has 1 aliphatic rings. The first-order chi connectivity index (χ1) is 12.1. The second-order valence-electron chi connectivity index (χ2n) is 5.95. The molecule has 1 aliphatic heterocycles. The monoisotopic (exact) mass is 376 g/mol. The van der Waals surface area contributed by atoms with Gasteiger partial charge in [0, 0.05) is 24.4 Å². The van der Waals surface area contributed by atoms with Crippen molar-refractivity contribution < 1.29 is 9.59 Å². The minimum atomic E-state index is -0.371. The molecule has 0 aliphatic carbocycles. The zero-order valence-corrected chi connectivity index (χ0v) is 15.8. The fourth-order valence-electron chi connectivity index (χ4n) is 2.57. The normalized spacial score (nSPS) is 17.1. The number of aromatic nitrogens is 2. The van der Waals surface area contributed by atoms with E-state index in [1.165, 1.54) is 11.3 Å². The van der Waals surface area contributed by atoms with Crippen LogP contribution in [-0.4, -0.2) is 34.3 Å². The number of aryl methyl sites for hydroxylation is 1. The lowest BCUT2D eigenvalue weighted by atomic mass is 10.1. The Kier molecular flexibility index (Phi) is 5.70. The summed E-state index contributed by atoms with van der Waals surface area (Å²) in [7, 11) is 0. The van der Waals surface area contributed by atoms with Gasteiger partial charge in [0.15, 0.2) is 4.34 Å². The van der Waals surface area contributed by atoms with Crippen LogP contribution < -0.4 is 10.2 Å². The van der Waals surface area contributed by atoms with Crippen molar-refractivity contribution in [2.24, 2.45) is 5.92 Å². The number of carbonyl (C=O) groups excluding carboxylic acids is 2. The largest absolute Gasteiger partial charge is 0.312 e. The maximum absolute atomic E-state index is 12.5. The summed E-state index contributed by atoms with van der Waals surface area (Å²) in [6.07, 6.45) is 1.28. The van der Waals surface area contributed by atoms with Crippen LogP contribution in [0.5, 0.6) is 0 Å². The first-order valence-electron chi connectivity index (χ1n) is 8.21. The number of anilines is 2. The van der Waals surface area contributed by atoms with Crippen molar-refractivity contribution in [1.29, 1.82) is 0 Å². The van der Waals surface area contributed by atoms with Gasteiger partial charge in [0.05, 0.1) is 5.92 Å². The van der Waals surface area contributed by atoms with Crippen LogP contribution in [0.4, 0.5) is 10.8 Å². The van der Waals surface area contributed by atoms with E-state index in [0.717, 1.165) is 27.8 Å². The quantitative estimate of drug-likeness (QED) is 0.618. The topological polar surface area (TPSA) is 75.2 Å². The van der Waals surface area contributed by atoms with Crippen molar-refractivity contribution in [2.45, 2.75) is 31.0 Å². The minimum Gasteiger partial charge on any atom is -0.312 e. The smallest absolute Gasteiger partial charge is 0.231 e. The lowest BCUT2D eigenvalue weighted by Crippen LogP contribution is -2.28. The number of amides is 2. The summed E-state index contributed by atoms with van der Waals surface area (Å²) in [4.78, 5) is 26.4. The molecule has 1 fully saturated rings. The minimum absolute atomic E-state index is 0.0274. The first-order valence-corrected chi connectivity index (χ1v) is 10.0. The highest BCUT2D eigenvalue weighted by Crippen LogP contribution is 2.29. The summed E-state index contributed by atoms with van der Waals surface area (Å²) < 4.78 is 0.848. The van der Waals surface area contributed by atoms with Gasteiger partial charge >= 0.3 is 0 Å². The number of thioether (sulfide) groups is 1. The lowest BCUT2D eigenvalue weighted by Gasteiger charge is -2.16. The summed E-state index contributed by atoms with van der Waals surface area (Å²) in [6, 6.07) is 7.75. The Morgan fingerprint density at radius 1 is 1.36 bits per heavy atom. The Morgan fingerprint density at radius 2 is 2.12 bits per heavy atom. The number of nitrogens with zero attached hydrogens (tertiary/aromatic N) is 3. The zero-order valence-electron chi connectivity index (χ0n) is 14.2. The van der Waals surface area contributed by atoms with Crippen LogP contribution in [0.1, 0.15) is 25.3 Å². The summed E-state index contributed by atoms with van der Waals surface area (Å²) in [5.41, 5.74) is 1.97. The standard InChI is InChI=1S/C17H20N4O2S2/c1-3-8-24-17-20-19-16(25-17)18-15(23)12-9-14(22)21(10-12)13-6-4-11(2)5-7-13/h4-7,12H,3,8-10H2,1-2H3,(H,18,19,23)/t12-/m0/s1. The van der Waals surface area contributed by atoms with Gasteiger partial charge in [-0.2, -0.15) is 0 Å². The fourth-order valence-corrected chi connectivity index (χ4v) is 4.25. The average molecular weight is 377 g/mol. The predicted molar refractivity (Wildman–Crippen MR) is 101 cm³/mol. The van der Waals surface area contributed by atoms with Crippen LogP contribution in [-0.2, 0) is 9.59 Å². The summed E-state index contributed by atoms with van der Waals surface area (Å²) in [6.45, 7) is 4.50. The Bertz CT molecular complexity index is 760. The van der Waals surface area contributed by atoms with Crippen molar-refractivity contribution in [1.82, 2.24) is 10.2 Å². The Balaban J connectivity index is 1.60. The molecule has 132 valence electrons. The molecule has 1 atom stereocenters. The van der Waals surface area contributed by atoms with Gasteiger partial charge in [-0.3, -0.25) is 9.59 Å². The molecule has 1 aromatic carbocycles. The van der Waals surface area contributed by atoms with Gasteiger partial charge in [-0.1, -0.05) is 47.7 Å². The molecule has 2 heterocycles. The van der Waals surface area contributed by atoms with Gasteiger partial charge in [-0.15, -0.1) is 10.2 Å². The number of nitrogens with one attached hydrogen (secondary N) is 1. The number of hydrogen-bond donors (Lipinski definition) is 1. The highest BCUT2D eigenvalue weighted by molar-refractivity contribution is 8.01. The van der Waals surface area contributed by atoms with Crippen LogP contribution in [0.15, 0.2) is 28.6 Å². The highest BCUT2D eigenvalue weighted by Gasteiger charge is 2.35. The average Bonchev–Trinajstić information content (AvgIpc) is 3.20. The van der Waals surface area contributed by atoms with Gasteiger partial charge in [0.2, 0.25) is 16.9 Å². The van der Waals surface area contributed by atoms with E-state index in [9.17, 15) is 9.59 Å². The molecule has 2 amide bonds. The van der Waals surface area contributed by atoms with Crippen molar-refractivity contribution in [3.63, 3.8) is 0 Å².